The van der Waals surface area contributed by atoms with Crippen molar-refractivity contribution in [3.8, 4) is 0 Å². The van der Waals surface area contributed by atoms with Gasteiger partial charge in [0.05, 0.1) is 28.5 Å². The van der Waals surface area contributed by atoms with Crippen LogP contribution in [0.4, 0.5) is 13.2 Å². The standard InChI is InChI=1S/C14H15ClF3N3/c1-2-21-13(11(15)8-20-21)12(19)7-9-3-5-10(6-4-9)14(16,17)18/h3-6,8,12H,2,7,19H2,1H3. The van der Waals surface area contributed by atoms with Crippen molar-refractivity contribution in [3.05, 3.63) is 52.3 Å². The van der Waals surface area contributed by atoms with E-state index in [1.165, 1.54) is 18.3 Å². The lowest BCUT2D eigenvalue weighted by atomic mass is 10.0. The Morgan fingerprint density at radius 2 is 1.90 bits per heavy atom. The third-order valence-electron chi connectivity index (χ3n) is 3.22. The first kappa shape index (κ1) is 15.9. The number of hydrogen-bond donors (Lipinski definition) is 1. The first-order valence-corrected chi connectivity index (χ1v) is 6.83. The molecule has 2 N–H and O–H groups in total. The van der Waals surface area contributed by atoms with Crippen LogP contribution in [0, 0.1) is 0 Å². The highest BCUT2D eigenvalue weighted by Gasteiger charge is 2.30. The molecule has 0 saturated heterocycles. The third kappa shape index (κ3) is 3.57. The molecule has 0 aliphatic rings. The molecule has 2 rings (SSSR count). The molecule has 0 spiro atoms. The Morgan fingerprint density at radius 1 is 1.29 bits per heavy atom. The molecular weight excluding hydrogens is 303 g/mol. The number of nitrogens with two attached hydrogens (primary N) is 1. The second-order valence-corrected chi connectivity index (χ2v) is 5.11. The van der Waals surface area contributed by atoms with E-state index >= 15 is 0 Å². The molecular formula is C14H15ClF3N3. The van der Waals surface area contributed by atoms with Gasteiger partial charge in [0.25, 0.3) is 0 Å². The fraction of sp³-hybridized carbons (Fsp3) is 0.357. The van der Waals surface area contributed by atoms with E-state index in [1.54, 1.807) is 4.68 Å². The van der Waals surface area contributed by atoms with Crippen molar-refractivity contribution in [2.75, 3.05) is 0 Å². The number of aryl methyl sites for hydroxylation is 1. The highest BCUT2D eigenvalue weighted by Crippen LogP contribution is 2.30. The lowest BCUT2D eigenvalue weighted by Gasteiger charge is -2.15. The molecule has 0 aliphatic carbocycles. The molecule has 0 bridgehead atoms. The lowest BCUT2D eigenvalue weighted by molar-refractivity contribution is -0.137. The summed E-state index contributed by atoms with van der Waals surface area (Å²) in [6.45, 7) is 2.54. The largest absolute Gasteiger partial charge is 0.416 e. The molecule has 1 atom stereocenters. The van der Waals surface area contributed by atoms with Gasteiger partial charge in [0.1, 0.15) is 0 Å². The predicted octanol–water partition coefficient (Wildman–Crippen LogP) is 3.82. The molecule has 3 nitrogen and oxygen atoms in total. The van der Waals surface area contributed by atoms with Crippen molar-refractivity contribution in [1.82, 2.24) is 9.78 Å². The van der Waals surface area contributed by atoms with Gasteiger partial charge < -0.3 is 5.73 Å². The zero-order valence-corrected chi connectivity index (χ0v) is 12.1. The number of rotatable bonds is 4. The monoisotopic (exact) mass is 317 g/mol. The summed E-state index contributed by atoms with van der Waals surface area (Å²) < 4.78 is 39.2. The van der Waals surface area contributed by atoms with Crippen LogP contribution >= 0.6 is 11.6 Å². The van der Waals surface area contributed by atoms with Crippen LogP contribution in [0.2, 0.25) is 5.02 Å². The van der Waals surface area contributed by atoms with Gasteiger partial charge in [0.2, 0.25) is 0 Å². The van der Waals surface area contributed by atoms with E-state index in [-0.39, 0.29) is 0 Å². The van der Waals surface area contributed by atoms with Gasteiger partial charge in [-0.2, -0.15) is 18.3 Å². The van der Waals surface area contributed by atoms with Gasteiger partial charge in [-0.1, -0.05) is 23.7 Å². The maximum atomic E-state index is 12.5. The van der Waals surface area contributed by atoms with E-state index in [4.69, 9.17) is 17.3 Å². The fourth-order valence-corrected chi connectivity index (χ4v) is 2.45. The SMILES string of the molecule is CCn1ncc(Cl)c1C(N)Cc1ccc(C(F)(F)F)cc1. The van der Waals surface area contributed by atoms with Crippen LogP contribution in [0.3, 0.4) is 0 Å². The maximum Gasteiger partial charge on any atom is 0.416 e. The number of hydrogen-bond acceptors (Lipinski definition) is 2. The van der Waals surface area contributed by atoms with Gasteiger partial charge in [-0.15, -0.1) is 0 Å². The minimum absolute atomic E-state index is 0.392. The van der Waals surface area contributed by atoms with E-state index in [9.17, 15) is 13.2 Å². The molecule has 2 aromatic rings. The molecule has 1 aromatic carbocycles. The van der Waals surface area contributed by atoms with Crippen molar-refractivity contribution in [3.63, 3.8) is 0 Å². The summed E-state index contributed by atoms with van der Waals surface area (Å²) in [7, 11) is 0. The molecule has 0 amide bonds. The number of halogens is 4. The molecule has 21 heavy (non-hydrogen) atoms. The minimum atomic E-state index is -4.33. The zero-order valence-electron chi connectivity index (χ0n) is 11.4. The maximum absolute atomic E-state index is 12.5. The van der Waals surface area contributed by atoms with Gasteiger partial charge >= 0.3 is 6.18 Å². The molecule has 0 aliphatic heterocycles. The van der Waals surface area contributed by atoms with Gasteiger partial charge in [-0.3, -0.25) is 4.68 Å². The molecule has 114 valence electrons. The van der Waals surface area contributed by atoms with E-state index in [1.807, 2.05) is 6.92 Å². The summed E-state index contributed by atoms with van der Waals surface area (Å²) in [6.07, 6.45) is -2.42. The van der Waals surface area contributed by atoms with Gasteiger partial charge in [-0.25, -0.2) is 0 Å². The van der Waals surface area contributed by atoms with Crippen LogP contribution in [0.15, 0.2) is 30.5 Å². The Bertz CT molecular complexity index is 605. The van der Waals surface area contributed by atoms with E-state index < -0.39 is 17.8 Å². The van der Waals surface area contributed by atoms with Gasteiger partial charge in [-0.05, 0) is 31.0 Å². The molecule has 0 radical (unpaired) electrons. The Kier molecular flexibility index (Phi) is 4.58. The molecule has 7 heteroatoms. The quantitative estimate of drug-likeness (QED) is 0.931. The lowest BCUT2D eigenvalue weighted by Crippen LogP contribution is -2.18. The fourth-order valence-electron chi connectivity index (χ4n) is 2.17. The number of aromatic nitrogens is 2. The van der Waals surface area contributed by atoms with Crippen LogP contribution < -0.4 is 5.73 Å². The predicted molar refractivity (Wildman–Crippen MR) is 75.0 cm³/mol. The average molecular weight is 318 g/mol. The molecule has 1 aromatic heterocycles. The van der Waals surface area contributed by atoms with Crippen molar-refractivity contribution in [2.24, 2.45) is 5.73 Å². The molecule has 0 saturated carbocycles. The summed E-state index contributed by atoms with van der Waals surface area (Å²) in [4.78, 5) is 0. The second kappa shape index (κ2) is 6.07. The van der Waals surface area contributed by atoms with Crippen molar-refractivity contribution >= 4 is 11.6 Å². The summed E-state index contributed by atoms with van der Waals surface area (Å²) >= 11 is 6.06. The Balaban J connectivity index is 2.16. The van der Waals surface area contributed by atoms with Crippen LogP contribution in [-0.4, -0.2) is 9.78 Å². The van der Waals surface area contributed by atoms with Crippen molar-refractivity contribution in [2.45, 2.75) is 32.1 Å². The van der Waals surface area contributed by atoms with E-state index in [2.05, 4.69) is 5.10 Å². The van der Waals surface area contributed by atoms with E-state index in [0.29, 0.717) is 23.7 Å². The Morgan fingerprint density at radius 3 is 2.43 bits per heavy atom. The highest BCUT2D eigenvalue weighted by molar-refractivity contribution is 6.31. The number of alkyl halides is 3. The topological polar surface area (TPSA) is 43.8 Å². The summed E-state index contributed by atoms with van der Waals surface area (Å²) in [5.74, 6) is 0. The zero-order chi connectivity index (χ0) is 15.6. The van der Waals surface area contributed by atoms with E-state index in [0.717, 1.165) is 17.7 Å². The van der Waals surface area contributed by atoms with Gasteiger partial charge in [0.15, 0.2) is 0 Å². The minimum Gasteiger partial charge on any atom is -0.322 e. The third-order valence-corrected chi connectivity index (χ3v) is 3.51. The van der Waals surface area contributed by atoms with Crippen LogP contribution in [0.25, 0.3) is 0 Å². The molecule has 0 fully saturated rings. The Labute approximate surface area is 125 Å². The normalized spacial score (nSPS) is 13.4. The Hall–Kier alpha value is -1.53. The van der Waals surface area contributed by atoms with Crippen molar-refractivity contribution < 1.29 is 13.2 Å². The second-order valence-electron chi connectivity index (χ2n) is 4.70. The van der Waals surface area contributed by atoms with Crippen LogP contribution in [0.1, 0.15) is 29.8 Å². The van der Waals surface area contributed by atoms with Gasteiger partial charge in [0, 0.05) is 6.54 Å². The summed E-state index contributed by atoms with van der Waals surface area (Å²) in [5, 5.41) is 4.57. The summed E-state index contributed by atoms with van der Waals surface area (Å²) in [6, 6.07) is 4.56. The first-order valence-electron chi connectivity index (χ1n) is 6.45. The number of nitrogens with zero attached hydrogens (tertiary/aromatic N) is 2. The van der Waals surface area contributed by atoms with Crippen LogP contribution in [0.5, 0.6) is 0 Å². The molecule has 1 unspecified atom stereocenters. The number of benzene rings is 1. The first-order chi connectivity index (χ1) is 9.82. The molecule has 1 heterocycles. The smallest absolute Gasteiger partial charge is 0.322 e. The van der Waals surface area contributed by atoms with Crippen molar-refractivity contribution in [1.29, 1.82) is 0 Å². The van der Waals surface area contributed by atoms with Crippen LogP contribution in [-0.2, 0) is 19.1 Å². The highest BCUT2D eigenvalue weighted by atomic mass is 35.5. The summed E-state index contributed by atoms with van der Waals surface area (Å²) in [5.41, 5.74) is 6.85. The average Bonchev–Trinajstić information content (AvgIpc) is 2.79.